The summed E-state index contributed by atoms with van der Waals surface area (Å²) in [5, 5.41) is 16.7. The molecule has 0 aliphatic rings. The summed E-state index contributed by atoms with van der Waals surface area (Å²) in [6, 6.07) is 0. The van der Waals surface area contributed by atoms with E-state index in [1.165, 1.54) is 0 Å². The van der Waals surface area contributed by atoms with Gasteiger partial charge in [-0.1, -0.05) is 0 Å². The SMILES string of the molecule is FC(F)F.O=C([O-])[O-]. The molecule has 0 saturated heterocycles. The van der Waals surface area contributed by atoms with Gasteiger partial charge < -0.3 is 15.0 Å². The lowest BCUT2D eigenvalue weighted by molar-refractivity contribution is -0.415. The molecule has 0 rings (SSSR count). The second-order valence-electron chi connectivity index (χ2n) is 0.497. The first-order chi connectivity index (χ1) is 3.46. The van der Waals surface area contributed by atoms with Crippen LogP contribution in [0, 0.1) is 0 Å². The predicted molar refractivity (Wildman–Crippen MR) is 12.5 cm³/mol. The Morgan fingerprint density at radius 2 is 1.25 bits per heavy atom. The summed E-state index contributed by atoms with van der Waals surface area (Å²) < 4.78 is 29.0. The third kappa shape index (κ3) is 94.4. The first-order valence-corrected chi connectivity index (χ1v) is 1.27. The molecule has 0 bridgehead atoms. The van der Waals surface area contributed by atoms with Crippen LogP contribution in [0.5, 0.6) is 0 Å². The molecule has 0 aliphatic carbocycles. The molecule has 0 saturated carbocycles. The highest BCUT2D eigenvalue weighted by atomic mass is 19.4. The van der Waals surface area contributed by atoms with E-state index in [0.29, 0.717) is 0 Å². The van der Waals surface area contributed by atoms with Crippen molar-refractivity contribution in [3.8, 4) is 0 Å². The molecule has 3 nitrogen and oxygen atoms in total. The molecule has 0 aliphatic heterocycles. The maximum atomic E-state index is 9.67. The Morgan fingerprint density at radius 1 is 1.25 bits per heavy atom. The minimum atomic E-state index is -3.67. The Labute approximate surface area is 42.4 Å². The second-order valence-corrected chi connectivity index (χ2v) is 0.497. The van der Waals surface area contributed by atoms with E-state index >= 15 is 0 Å². The topological polar surface area (TPSA) is 63.2 Å². The van der Waals surface area contributed by atoms with Gasteiger partial charge in [0.25, 0.3) is 0 Å². The lowest BCUT2D eigenvalue weighted by atomic mass is 11.5. The van der Waals surface area contributed by atoms with E-state index in [2.05, 4.69) is 0 Å². The molecule has 0 radical (unpaired) electrons. The van der Waals surface area contributed by atoms with Crippen LogP contribution in [0.3, 0.4) is 0 Å². The van der Waals surface area contributed by atoms with Crippen LogP contribution in [0.1, 0.15) is 0 Å². The van der Waals surface area contributed by atoms with Crippen LogP contribution in [-0.4, -0.2) is 12.8 Å². The Bertz CT molecular complexity index is 56.8. The van der Waals surface area contributed by atoms with Crippen LogP contribution in [-0.2, 0) is 0 Å². The molecule has 8 heavy (non-hydrogen) atoms. The van der Waals surface area contributed by atoms with Crippen LogP contribution in [0.25, 0.3) is 0 Å². The van der Waals surface area contributed by atoms with Gasteiger partial charge in [0.2, 0.25) is 0 Å². The fourth-order valence-corrected chi connectivity index (χ4v) is 0. The molecule has 0 fully saturated rings. The molecule has 0 atom stereocenters. The van der Waals surface area contributed by atoms with Crippen molar-refractivity contribution in [1.29, 1.82) is 0 Å². The summed E-state index contributed by atoms with van der Waals surface area (Å²) >= 11 is 0. The van der Waals surface area contributed by atoms with Gasteiger partial charge >= 0.3 is 6.68 Å². The number of carboxylic acid groups (broad SMARTS) is 2. The summed E-state index contributed by atoms with van der Waals surface area (Å²) in [5.74, 6) is 0. The zero-order valence-electron chi connectivity index (χ0n) is 3.44. The molecule has 0 aromatic rings. The molecular weight excluding hydrogens is 129 g/mol. The standard InChI is InChI=1S/CHF3.CH2O3/c2*2-1(3)4/h1H;(H2,2,3,4)/p-2. The Hall–Kier alpha value is -0.940. The van der Waals surface area contributed by atoms with Crippen LogP contribution < -0.4 is 10.2 Å². The van der Waals surface area contributed by atoms with Crippen molar-refractivity contribution in [3.63, 3.8) is 0 Å². The third-order valence-electron chi connectivity index (χ3n) is 0. The highest BCUT2D eigenvalue weighted by Gasteiger charge is 1.86. The minimum absolute atomic E-state index is 2.33. The predicted octanol–water partition coefficient (Wildman–Crippen LogP) is -1.27. The molecule has 0 aromatic carbocycles. The lowest BCUT2D eigenvalue weighted by Gasteiger charge is -1.96. The van der Waals surface area contributed by atoms with Gasteiger partial charge in [0.05, 0.1) is 0 Å². The first-order valence-electron chi connectivity index (χ1n) is 1.27. The average molecular weight is 130 g/mol. The van der Waals surface area contributed by atoms with Crippen molar-refractivity contribution in [2.75, 3.05) is 0 Å². The molecule has 50 valence electrons. The highest BCUT2D eigenvalue weighted by Crippen LogP contribution is 1.87. The van der Waals surface area contributed by atoms with E-state index in [1.54, 1.807) is 0 Å². The summed E-state index contributed by atoms with van der Waals surface area (Å²) in [6.45, 7) is -3.67. The van der Waals surface area contributed by atoms with Crippen molar-refractivity contribution < 1.29 is 28.2 Å². The van der Waals surface area contributed by atoms with Gasteiger partial charge in [-0.2, -0.15) is 13.2 Å². The lowest BCUT2D eigenvalue weighted by Crippen LogP contribution is -2.37. The molecule has 0 N–H and O–H groups in total. The maximum absolute atomic E-state index is 9.67. The van der Waals surface area contributed by atoms with E-state index in [9.17, 15) is 13.2 Å². The molecule has 0 amide bonds. The molecule has 0 spiro atoms. The quantitative estimate of drug-likeness (QED) is 0.410. The van der Waals surface area contributed by atoms with Crippen LogP contribution in [0.4, 0.5) is 18.0 Å². The number of carbonyl (C=O) groups is 1. The fraction of sp³-hybridized carbons (Fsp3) is 0.500. The van der Waals surface area contributed by atoms with Crippen molar-refractivity contribution in [2.45, 2.75) is 6.68 Å². The average Bonchev–Trinajstić information content (AvgIpc) is 1.25. The van der Waals surface area contributed by atoms with Gasteiger partial charge in [-0.05, 0) is 6.16 Å². The molecular formula is C2HF3O3-2. The van der Waals surface area contributed by atoms with Crippen LogP contribution in [0.15, 0.2) is 0 Å². The van der Waals surface area contributed by atoms with Gasteiger partial charge in [-0.3, -0.25) is 0 Å². The smallest absolute Gasteiger partial charge is 0.379 e. The number of carbonyl (C=O) groups excluding carboxylic acids is 1. The van der Waals surface area contributed by atoms with Gasteiger partial charge in [0.1, 0.15) is 0 Å². The summed E-state index contributed by atoms with van der Waals surface area (Å²) in [7, 11) is 0. The molecule has 0 unspecified atom stereocenters. The zero-order valence-corrected chi connectivity index (χ0v) is 3.44. The van der Waals surface area contributed by atoms with E-state index in [1.807, 2.05) is 0 Å². The summed E-state index contributed by atoms with van der Waals surface area (Å²) in [4.78, 5) is 8.33. The minimum Gasteiger partial charge on any atom is -0.652 e. The highest BCUT2D eigenvalue weighted by molar-refractivity contribution is 5.47. The third-order valence-corrected chi connectivity index (χ3v) is 0. The Balaban J connectivity index is 0. The fourth-order valence-electron chi connectivity index (χ4n) is 0. The van der Waals surface area contributed by atoms with Gasteiger partial charge in [0, 0.05) is 0 Å². The number of rotatable bonds is 0. The number of halogens is 3. The van der Waals surface area contributed by atoms with E-state index in [-0.39, 0.29) is 0 Å². The van der Waals surface area contributed by atoms with Crippen molar-refractivity contribution in [2.24, 2.45) is 0 Å². The molecule has 0 heterocycles. The largest absolute Gasteiger partial charge is 0.652 e. The normalized spacial score (nSPS) is 7.50. The number of hydrogen-bond acceptors (Lipinski definition) is 3. The van der Waals surface area contributed by atoms with Crippen LogP contribution in [0.2, 0.25) is 0 Å². The van der Waals surface area contributed by atoms with Gasteiger partial charge in [0.15, 0.2) is 0 Å². The Kier molecular flexibility index (Phi) is 7.67. The van der Waals surface area contributed by atoms with Crippen molar-refractivity contribution in [1.82, 2.24) is 0 Å². The second kappa shape index (κ2) is 6.06. The molecule has 0 aromatic heterocycles. The monoisotopic (exact) mass is 130 g/mol. The maximum Gasteiger partial charge on any atom is 0.379 e. The number of alkyl halides is 3. The summed E-state index contributed by atoms with van der Waals surface area (Å²) in [5.41, 5.74) is 0. The van der Waals surface area contributed by atoms with Crippen molar-refractivity contribution in [3.05, 3.63) is 0 Å². The van der Waals surface area contributed by atoms with E-state index < -0.39 is 12.8 Å². The van der Waals surface area contributed by atoms with Gasteiger partial charge in [-0.15, -0.1) is 0 Å². The molecule has 6 heteroatoms. The number of hydrogen-bond donors (Lipinski definition) is 0. The first kappa shape index (κ1) is 10.1. The van der Waals surface area contributed by atoms with Gasteiger partial charge in [-0.25, -0.2) is 0 Å². The summed E-state index contributed by atoms with van der Waals surface area (Å²) in [6.07, 6.45) is -2.33. The van der Waals surface area contributed by atoms with E-state index in [4.69, 9.17) is 15.0 Å². The van der Waals surface area contributed by atoms with Crippen molar-refractivity contribution >= 4 is 6.16 Å². The zero-order chi connectivity index (χ0) is 7.15. The Morgan fingerprint density at radius 3 is 1.25 bits per heavy atom. The van der Waals surface area contributed by atoms with E-state index in [0.717, 1.165) is 0 Å². The van der Waals surface area contributed by atoms with Crippen LogP contribution >= 0.6 is 0 Å².